The van der Waals surface area contributed by atoms with Crippen LogP contribution in [0, 0.1) is 0 Å². The van der Waals surface area contributed by atoms with Crippen LogP contribution >= 0.6 is 11.6 Å². The number of benzene rings is 1. The average molecular weight is 282 g/mol. The lowest BCUT2D eigenvalue weighted by molar-refractivity contribution is -0.139. The van der Waals surface area contributed by atoms with Crippen LogP contribution < -0.4 is 0 Å². The molecule has 0 spiro atoms. The lowest BCUT2D eigenvalue weighted by atomic mass is 10.1. The molecule has 3 nitrogen and oxygen atoms in total. The summed E-state index contributed by atoms with van der Waals surface area (Å²) in [5.41, 5.74) is 1.14. The molecular formula is C15H20ClNO2. The first-order valence-electron chi connectivity index (χ1n) is 6.81. The minimum absolute atomic E-state index is 0.00641. The summed E-state index contributed by atoms with van der Waals surface area (Å²) in [6.45, 7) is 1.97. The molecule has 1 unspecified atom stereocenters. The second kappa shape index (κ2) is 7.51. The molecule has 0 N–H and O–H groups in total. The predicted octanol–water partition coefficient (Wildman–Crippen LogP) is 3.00. The highest BCUT2D eigenvalue weighted by Crippen LogP contribution is 2.22. The Morgan fingerprint density at radius 3 is 2.84 bits per heavy atom. The number of hydrogen-bond acceptors (Lipinski definition) is 2. The topological polar surface area (TPSA) is 29.5 Å². The molecule has 0 bridgehead atoms. The lowest BCUT2D eigenvalue weighted by Crippen LogP contribution is -2.42. The molecule has 1 aromatic carbocycles. The molecule has 1 aliphatic heterocycles. The zero-order chi connectivity index (χ0) is 13.5. The molecular weight excluding hydrogens is 262 g/mol. The molecule has 1 atom stereocenters. The number of carbonyl (C=O) groups excluding carboxylic acids is 1. The van der Waals surface area contributed by atoms with Crippen molar-refractivity contribution in [1.82, 2.24) is 4.90 Å². The third-order valence-electron chi connectivity index (χ3n) is 3.36. The number of amides is 1. The molecule has 104 valence electrons. The number of hydrogen-bond donors (Lipinski definition) is 0. The Kier molecular flexibility index (Phi) is 5.67. The van der Waals surface area contributed by atoms with E-state index in [9.17, 15) is 4.79 Å². The van der Waals surface area contributed by atoms with E-state index < -0.39 is 0 Å². The summed E-state index contributed by atoms with van der Waals surface area (Å²) in [5.74, 6) is 0.845. The smallest absolute Gasteiger partial charge is 0.222 e. The van der Waals surface area contributed by atoms with Gasteiger partial charge in [-0.25, -0.2) is 0 Å². The summed E-state index contributed by atoms with van der Waals surface area (Å²) in [4.78, 5) is 14.0. The van der Waals surface area contributed by atoms with Gasteiger partial charge in [-0.2, -0.15) is 0 Å². The normalized spacial score (nSPS) is 19.4. The van der Waals surface area contributed by atoms with Crippen LogP contribution in [0.5, 0.6) is 0 Å². The largest absolute Gasteiger partial charge is 0.370 e. The number of halogens is 1. The number of carbonyl (C=O) groups is 1. The Hall–Kier alpha value is -1.06. The van der Waals surface area contributed by atoms with Crippen LogP contribution in [-0.2, 0) is 9.53 Å². The first-order valence-corrected chi connectivity index (χ1v) is 7.35. The van der Waals surface area contributed by atoms with E-state index in [0.717, 1.165) is 18.4 Å². The summed E-state index contributed by atoms with van der Waals surface area (Å²) >= 11 is 5.63. The average Bonchev–Trinajstić information content (AvgIpc) is 2.48. The maximum Gasteiger partial charge on any atom is 0.222 e. The number of rotatable bonds is 5. The zero-order valence-corrected chi connectivity index (χ0v) is 11.8. The van der Waals surface area contributed by atoms with E-state index in [1.807, 2.05) is 35.2 Å². The van der Waals surface area contributed by atoms with Crippen LogP contribution in [0.25, 0.3) is 0 Å². The maximum absolute atomic E-state index is 12.1. The maximum atomic E-state index is 12.1. The number of unbranched alkanes of at least 4 members (excludes halogenated alkanes) is 1. The highest BCUT2D eigenvalue weighted by molar-refractivity contribution is 6.17. The molecule has 19 heavy (non-hydrogen) atoms. The molecule has 0 aliphatic carbocycles. The summed E-state index contributed by atoms with van der Waals surface area (Å²) in [6.07, 6.45) is 2.37. The molecule has 1 aliphatic rings. The monoisotopic (exact) mass is 281 g/mol. The Balaban J connectivity index is 1.88. The van der Waals surface area contributed by atoms with Gasteiger partial charge in [-0.05, 0) is 18.4 Å². The minimum Gasteiger partial charge on any atom is -0.370 e. The van der Waals surface area contributed by atoms with Crippen molar-refractivity contribution in [2.45, 2.75) is 25.4 Å². The fourth-order valence-corrected chi connectivity index (χ4v) is 2.46. The molecule has 0 aromatic heterocycles. The van der Waals surface area contributed by atoms with Gasteiger partial charge in [-0.3, -0.25) is 4.79 Å². The number of nitrogens with zero attached hydrogens (tertiary/aromatic N) is 1. The molecule has 0 saturated carbocycles. The quantitative estimate of drug-likeness (QED) is 0.613. The fraction of sp³-hybridized carbons (Fsp3) is 0.533. The molecule has 1 heterocycles. The number of ether oxygens (including phenoxy) is 1. The molecule has 1 aromatic rings. The Bertz CT molecular complexity index is 396. The first kappa shape index (κ1) is 14.4. The third kappa shape index (κ3) is 4.22. The standard InChI is InChI=1S/C15H20ClNO2/c16-9-5-4-8-15(18)17-10-11-19-14(12-17)13-6-2-1-3-7-13/h1-3,6-7,14H,4-5,8-12H2. The lowest BCUT2D eigenvalue weighted by Gasteiger charge is -2.33. The summed E-state index contributed by atoms with van der Waals surface area (Å²) in [6, 6.07) is 10.1. The van der Waals surface area contributed by atoms with Gasteiger partial charge in [0.05, 0.1) is 13.2 Å². The number of alkyl halides is 1. The van der Waals surface area contributed by atoms with Crippen LogP contribution in [-0.4, -0.2) is 36.4 Å². The van der Waals surface area contributed by atoms with E-state index in [4.69, 9.17) is 16.3 Å². The van der Waals surface area contributed by atoms with Gasteiger partial charge in [0.25, 0.3) is 0 Å². The second-order valence-corrected chi connectivity index (χ2v) is 5.13. The molecule has 2 rings (SSSR count). The van der Waals surface area contributed by atoms with Crippen molar-refractivity contribution in [3.63, 3.8) is 0 Å². The minimum atomic E-state index is 0.00641. The van der Waals surface area contributed by atoms with Crippen LogP contribution in [0.4, 0.5) is 0 Å². The van der Waals surface area contributed by atoms with Crippen LogP contribution in [0.15, 0.2) is 30.3 Å². The Morgan fingerprint density at radius 1 is 1.32 bits per heavy atom. The SMILES string of the molecule is O=C(CCCCCl)N1CCOC(c2ccccc2)C1. The third-order valence-corrected chi connectivity index (χ3v) is 3.63. The van der Waals surface area contributed by atoms with E-state index in [-0.39, 0.29) is 12.0 Å². The van der Waals surface area contributed by atoms with Crippen molar-refractivity contribution in [3.8, 4) is 0 Å². The summed E-state index contributed by atoms with van der Waals surface area (Å²) < 4.78 is 5.76. The van der Waals surface area contributed by atoms with Gasteiger partial charge in [0, 0.05) is 18.8 Å². The van der Waals surface area contributed by atoms with Crippen molar-refractivity contribution in [2.24, 2.45) is 0 Å². The van der Waals surface area contributed by atoms with Gasteiger partial charge >= 0.3 is 0 Å². The Labute approximate surface area is 119 Å². The fourth-order valence-electron chi connectivity index (χ4n) is 2.27. The summed E-state index contributed by atoms with van der Waals surface area (Å²) in [7, 11) is 0. The van der Waals surface area contributed by atoms with Crippen LogP contribution in [0.3, 0.4) is 0 Å². The van der Waals surface area contributed by atoms with Crippen molar-refractivity contribution in [3.05, 3.63) is 35.9 Å². The second-order valence-electron chi connectivity index (χ2n) is 4.76. The van der Waals surface area contributed by atoms with E-state index >= 15 is 0 Å². The Morgan fingerprint density at radius 2 is 2.11 bits per heavy atom. The molecule has 1 fully saturated rings. The van der Waals surface area contributed by atoms with Gasteiger partial charge in [0.2, 0.25) is 5.91 Å². The number of morpholine rings is 1. The van der Waals surface area contributed by atoms with Crippen molar-refractivity contribution < 1.29 is 9.53 Å². The van der Waals surface area contributed by atoms with Gasteiger partial charge in [0.1, 0.15) is 6.10 Å². The molecule has 4 heteroatoms. The molecule has 1 amide bonds. The van der Waals surface area contributed by atoms with Crippen molar-refractivity contribution in [2.75, 3.05) is 25.6 Å². The first-order chi connectivity index (χ1) is 9.31. The van der Waals surface area contributed by atoms with Gasteiger partial charge in [-0.1, -0.05) is 30.3 Å². The molecule has 1 saturated heterocycles. The van der Waals surface area contributed by atoms with E-state index in [1.165, 1.54) is 0 Å². The van der Waals surface area contributed by atoms with E-state index in [1.54, 1.807) is 0 Å². The van der Waals surface area contributed by atoms with Gasteiger partial charge < -0.3 is 9.64 Å². The van der Waals surface area contributed by atoms with Crippen molar-refractivity contribution >= 4 is 17.5 Å². The van der Waals surface area contributed by atoms with Crippen LogP contribution in [0.2, 0.25) is 0 Å². The summed E-state index contributed by atoms with van der Waals surface area (Å²) in [5, 5.41) is 0. The molecule has 0 radical (unpaired) electrons. The van der Waals surface area contributed by atoms with Crippen molar-refractivity contribution in [1.29, 1.82) is 0 Å². The van der Waals surface area contributed by atoms with Crippen LogP contribution in [0.1, 0.15) is 30.9 Å². The highest BCUT2D eigenvalue weighted by atomic mass is 35.5. The van der Waals surface area contributed by atoms with Gasteiger partial charge in [-0.15, -0.1) is 11.6 Å². The van der Waals surface area contributed by atoms with E-state index in [2.05, 4.69) is 0 Å². The highest BCUT2D eigenvalue weighted by Gasteiger charge is 2.24. The van der Waals surface area contributed by atoms with Gasteiger partial charge in [0.15, 0.2) is 0 Å². The zero-order valence-electron chi connectivity index (χ0n) is 11.1. The van der Waals surface area contributed by atoms with E-state index in [0.29, 0.717) is 32.0 Å². The predicted molar refractivity (Wildman–Crippen MR) is 76.3 cm³/mol.